The summed E-state index contributed by atoms with van der Waals surface area (Å²) in [6, 6.07) is 4.38. The Morgan fingerprint density at radius 1 is 1.40 bits per heavy atom. The predicted molar refractivity (Wildman–Crippen MR) is 70.1 cm³/mol. The van der Waals surface area contributed by atoms with Gasteiger partial charge in [0.15, 0.2) is 0 Å². The molecule has 0 aliphatic carbocycles. The Morgan fingerprint density at radius 2 is 2.27 bits per heavy atom. The molecule has 0 aromatic carbocycles. The van der Waals surface area contributed by atoms with Crippen molar-refractivity contribution < 1.29 is 0 Å². The molecule has 2 rings (SSSR count). The van der Waals surface area contributed by atoms with Crippen LogP contribution in [0.4, 0.5) is 0 Å². The molecule has 15 heavy (non-hydrogen) atoms. The third kappa shape index (κ3) is 2.68. The van der Waals surface area contributed by atoms with Crippen LogP contribution in [0.15, 0.2) is 32.7 Å². The third-order valence-corrected chi connectivity index (χ3v) is 4.90. The number of nitrogens with one attached hydrogen (secondary N) is 1. The Balaban J connectivity index is 2.15. The Kier molecular flexibility index (Phi) is 3.93. The van der Waals surface area contributed by atoms with Crippen LogP contribution in [-0.4, -0.2) is 0 Å². The van der Waals surface area contributed by atoms with Gasteiger partial charge in [-0.3, -0.25) is 11.3 Å². The number of rotatable bonds is 4. The van der Waals surface area contributed by atoms with E-state index in [0.717, 1.165) is 10.9 Å². The lowest BCUT2D eigenvalue weighted by molar-refractivity contribution is 0.559. The van der Waals surface area contributed by atoms with Crippen molar-refractivity contribution in [2.24, 2.45) is 5.84 Å². The van der Waals surface area contributed by atoms with Crippen molar-refractivity contribution in [3.8, 4) is 0 Å². The SMILES string of the molecule is NNC(Cc1ccsc1)c1sccc1Br. The van der Waals surface area contributed by atoms with Gasteiger partial charge in [-0.25, -0.2) is 0 Å². The predicted octanol–water partition coefficient (Wildman–Crippen LogP) is 3.32. The van der Waals surface area contributed by atoms with Crippen LogP contribution in [0.5, 0.6) is 0 Å². The van der Waals surface area contributed by atoms with E-state index in [1.54, 1.807) is 22.7 Å². The van der Waals surface area contributed by atoms with E-state index >= 15 is 0 Å². The molecule has 0 aliphatic heterocycles. The zero-order chi connectivity index (χ0) is 10.7. The fourth-order valence-corrected chi connectivity index (χ4v) is 3.82. The van der Waals surface area contributed by atoms with Gasteiger partial charge in [0.05, 0.1) is 6.04 Å². The monoisotopic (exact) mass is 302 g/mol. The zero-order valence-corrected chi connectivity index (χ0v) is 11.2. The second kappa shape index (κ2) is 5.23. The third-order valence-electron chi connectivity index (χ3n) is 2.18. The van der Waals surface area contributed by atoms with E-state index in [-0.39, 0.29) is 6.04 Å². The van der Waals surface area contributed by atoms with Crippen LogP contribution in [0.3, 0.4) is 0 Å². The smallest absolute Gasteiger partial charge is 0.0605 e. The maximum absolute atomic E-state index is 5.59. The maximum atomic E-state index is 5.59. The standard InChI is InChI=1S/C10H11BrN2S2/c11-8-2-4-15-10(8)9(13-12)5-7-1-3-14-6-7/h1-4,6,9,13H,5,12H2. The highest BCUT2D eigenvalue weighted by Crippen LogP contribution is 2.30. The molecule has 0 bridgehead atoms. The molecule has 1 atom stereocenters. The summed E-state index contributed by atoms with van der Waals surface area (Å²) in [6.45, 7) is 0. The van der Waals surface area contributed by atoms with Gasteiger partial charge in [0.2, 0.25) is 0 Å². The van der Waals surface area contributed by atoms with E-state index < -0.39 is 0 Å². The molecule has 2 aromatic heterocycles. The second-order valence-electron chi connectivity index (χ2n) is 3.19. The highest BCUT2D eigenvalue weighted by molar-refractivity contribution is 9.10. The van der Waals surface area contributed by atoms with Crippen LogP contribution in [0.25, 0.3) is 0 Å². The van der Waals surface area contributed by atoms with Crippen LogP contribution in [0.2, 0.25) is 0 Å². The van der Waals surface area contributed by atoms with Crippen molar-refractivity contribution in [1.82, 2.24) is 5.43 Å². The van der Waals surface area contributed by atoms with E-state index in [0.29, 0.717) is 0 Å². The lowest BCUT2D eigenvalue weighted by Crippen LogP contribution is -2.29. The van der Waals surface area contributed by atoms with Crippen molar-refractivity contribution in [3.63, 3.8) is 0 Å². The summed E-state index contributed by atoms with van der Waals surface area (Å²) >= 11 is 6.96. The molecule has 2 heterocycles. The van der Waals surface area contributed by atoms with E-state index in [1.165, 1.54) is 10.4 Å². The molecule has 3 N–H and O–H groups in total. The molecular weight excluding hydrogens is 292 g/mol. The zero-order valence-electron chi connectivity index (χ0n) is 7.94. The molecule has 0 aliphatic rings. The quantitative estimate of drug-likeness (QED) is 0.672. The number of hydrazine groups is 1. The second-order valence-corrected chi connectivity index (χ2v) is 5.77. The van der Waals surface area contributed by atoms with Crippen LogP contribution in [0, 0.1) is 0 Å². The van der Waals surface area contributed by atoms with Crippen molar-refractivity contribution in [1.29, 1.82) is 0 Å². The summed E-state index contributed by atoms with van der Waals surface area (Å²) in [5, 5.41) is 6.32. The maximum Gasteiger partial charge on any atom is 0.0605 e. The summed E-state index contributed by atoms with van der Waals surface area (Å²) in [4.78, 5) is 1.25. The molecule has 0 amide bonds. The molecule has 0 fully saturated rings. The van der Waals surface area contributed by atoms with Gasteiger partial charge in [-0.2, -0.15) is 11.3 Å². The minimum Gasteiger partial charge on any atom is -0.271 e. The first-order valence-electron chi connectivity index (χ1n) is 4.51. The number of halogens is 1. The minimum absolute atomic E-state index is 0.189. The first kappa shape index (κ1) is 11.3. The van der Waals surface area contributed by atoms with Crippen molar-refractivity contribution >= 4 is 38.6 Å². The van der Waals surface area contributed by atoms with Crippen molar-refractivity contribution in [2.75, 3.05) is 0 Å². The summed E-state index contributed by atoms with van der Waals surface area (Å²) < 4.78 is 1.13. The molecule has 0 spiro atoms. The molecule has 0 saturated heterocycles. The van der Waals surface area contributed by atoms with Crippen LogP contribution in [0.1, 0.15) is 16.5 Å². The van der Waals surface area contributed by atoms with E-state index in [9.17, 15) is 0 Å². The summed E-state index contributed by atoms with van der Waals surface area (Å²) in [7, 11) is 0. The first-order chi connectivity index (χ1) is 7.31. The molecular formula is C10H11BrN2S2. The van der Waals surface area contributed by atoms with Crippen LogP contribution >= 0.6 is 38.6 Å². The average molecular weight is 303 g/mol. The summed E-state index contributed by atoms with van der Waals surface area (Å²) in [5.74, 6) is 5.59. The number of thiophene rings is 2. The molecule has 0 radical (unpaired) electrons. The van der Waals surface area contributed by atoms with Gasteiger partial charge in [0.1, 0.15) is 0 Å². The normalized spacial score (nSPS) is 12.9. The Morgan fingerprint density at radius 3 is 2.80 bits per heavy atom. The van der Waals surface area contributed by atoms with Crippen molar-refractivity contribution in [3.05, 3.63) is 43.2 Å². The molecule has 2 aromatic rings. The lowest BCUT2D eigenvalue weighted by Gasteiger charge is -2.14. The topological polar surface area (TPSA) is 38.0 Å². The van der Waals surface area contributed by atoms with Crippen molar-refractivity contribution in [2.45, 2.75) is 12.5 Å². The van der Waals surface area contributed by atoms with Crippen LogP contribution in [-0.2, 0) is 6.42 Å². The van der Waals surface area contributed by atoms with Crippen LogP contribution < -0.4 is 11.3 Å². The largest absolute Gasteiger partial charge is 0.271 e. The number of hydrogen-bond donors (Lipinski definition) is 2. The van der Waals surface area contributed by atoms with Gasteiger partial charge in [0, 0.05) is 9.35 Å². The van der Waals surface area contributed by atoms with Gasteiger partial charge in [-0.15, -0.1) is 11.3 Å². The fraction of sp³-hybridized carbons (Fsp3) is 0.200. The van der Waals surface area contributed by atoms with E-state index in [2.05, 4.69) is 49.6 Å². The molecule has 0 saturated carbocycles. The summed E-state index contributed by atoms with van der Waals surface area (Å²) in [6.07, 6.45) is 0.930. The highest BCUT2D eigenvalue weighted by Gasteiger charge is 2.15. The first-order valence-corrected chi connectivity index (χ1v) is 7.13. The number of hydrogen-bond acceptors (Lipinski definition) is 4. The van der Waals surface area contributed by atoms with E-state index in [4.69, 9.17) is 5.84 Å². The van der Waals surface area contributed by atoms with Gasteiger partial charge in [-0.1, -0.05) is 0 Å². The minimum atomic E-state index is 0.189. The van der Waals surface area contributed by atoms with E-state index in [1.807, 2.05) is 0 Å². The Hall–Kier alpha value is -0.200. The molecule has 2 nitrogen and oxygen atoms in total. The molecule has 5 heteroatoms. The lowest BCUT2D eigenvalue weighted by atomic mass is 10.1. The van der Waals surface area contributed by atoms with Gasteiger partial charge < -0.3 is 0 Å². The Bertz CT molecular complexity index is 411. The summed E-state index contributed by atoms with van der Waals surface area (Å²) in [5.41, 5.74) is 4.19. The average Bonchev–Trinajstić information content (AvgIpc) is 2.85. The highest BCUT2D eigenvalue weighted by atomic mass is 79.9. The van der Waals surface area contributed by atoms with Gasteiger partial charge in [0.25, 0.3) is 0 Å². The fourth-order valence-electron chi connectivity index (χ4n) is 1.43. The van der Waals surface area contributed by atoms with Gasteiger partial charge >= 0.3 is 0 Å². The Labute approximate surface area is 105 Å². The van der Waals surface area contributed by atoms with Gasteiger partial charge in [-0.05, 0) is 56.2 Å². The molecule has 80 valence electrons. The number of nitrogens with two attached hydrogens (primary N) is 1. The molecule has 1 unspecified atom stereocenters.